The smallest absolute Gasteiger partial charge is 0.319 e. The number of aromatic nitrogens is 2. The summed E-state index contributed by atoms with van der Waals surface area (Å²) in [6, 6.07) is 0.0904. The molecule has 2 atom stereocenters. The number of hydrogen-bond acceptors (Lipinski definition) is 3. The van der Waals surface area contributed by atoms with Gasteiger partial charge in [-0.25, -0.2) is 4.79 Å². The van der Waals surface area contributed by atoms with Crippen LogP contribution in [0.4, 0.5) is 10.5 Å². The van der Waals surface area contributed by atoms with Gasteiger partial charge < -0.3 is 15.4 Å². The number of anilines is 1. The second-order valence-electron chi connectivity index (χ2n) is 7.62. The molecule has 0 radical (unpaired) electrons. The number of ether oxygens (including phenoxy) is 1. The quantitative estimate of drug-likeness (QED) is 0.838. The number of rotatable bonds is 6. The van der Waals surface area contributed by atoms with Crippen molar-refractivity contribution in [3.63, 3.8) is 0 Å². The van der Waals surface area contributed by atoms with E-state index in [4.69, 9.17) is 4.74 Å². The minimum atomic E-state index is -0.134. The van der Waals surface area contributed by atoms with Crippen molar-refractivity contribution in [3.05, 3.63) is 12.4 Å². The van der Waals surface area contributed by atoms with E-state index in [1.54, 1.807) is 6.20 Å². The number of urea groups is 1. The van der Waals surface area contributed by atoms with Gasteiger partial charge in [-0.1, -0.05) is 26.7 Å². The number of hydrogen-bond donors (Lipinski definition) is 2. The molecule has 1 aromatic heterocycles. The first-order chi connectivity index (χ1) is 11.5. The SMILES string of the molecule is CCOC1CC(NC(=O)Nc2cnn(CC(C)C)c2)C12CCCC2. The summed E-state index contributed by atoms with van der Waals surface area (Å²) in [5.74, 6) is 0.527. The molecule has 0 saturated heterocycles. The molecule has 0 aliphatic heterocycles. The zero-order valence-corrected chi connectivity index (χ0v) is 15.0. The van der Waals surface area contributed by atoms with E-state index in [-0.39, 0.29) is 17.5 Å². The molecule has 2 unspecified atom stereocenters. The van der Waals surface area contributed by atoms with Crippen LogP contribution in [0.5, 0.6) is 0 Å². The van der Waals surface area contributed by atoms with Crippen LogP contribution in [-0.2, 0) is 11.3 Å². The maximum absolute atomic E-state index is 12.4. The standard InChI is InChI=1S/C18H30N4O2/c1-4-24-16-9-15(18(16)7-5-6-8-18)21-17(23)20-14-10-19-22(12-14)11-13(2)3/h10,12-13,15-16H,4-9,11H2,1-3H3,(H2,20,21,23). The summed E-state index contributed by atoms with van der Waals surface area (Å²) in [6.45, 7) is 7.94. The van der Waals surface area contributed by atoms with Crippen LogP contribution in [0.3, 0.4) is 0 Å². The van der Waals surface area contributed by atoms with Crippen molar-refractivity contribution in [1.29, 1.82) is 0 Å². The molecular weight excluding hydrogens is 304 g/mol. The van der Waals surface area contributed by atoms with Crippen LogP contribution in [0.15, 0.2) is 12.4 Å². The molecule has 2 fully saturated rings. The summed E-state index contributed by atoms with van der Waals surface area (Å²) in [5, 5.41) is 10.4. The van der Waals surface area contributed by atoms with E-state index in [1.165, 1.54) is 12.8 Å². The largest absolute Gasteiger partial charge is 0.378 e. The molecule has 1 spiro atoms. The van der Waals surface area contributed by atoms with Gasteiger partial charge in [0.2, 0.25) is 0 Å². The molecule has 1 aromatic rings. The monoisotopic (exact) mass is 334 g/mol. The molecule has 0 aromatic carbocycles. The molecule has 1 heterocycles. The highest BCUT2D eigenvalue weighted by molar-refractivity contribution is 5.89. The Morgan fingerprint density at radius 1 is 1.46 bits per heavy atom. The minimum absolute atomic E-state index is 0.134. The summed E-state index contributed by atoms with van der Waals surface area (Å²) < 4.78 is 7.77. The number of nitrogens with zero attached hydrogens (tertiary/aromatic N) is 2. The van der Waals surface area contributed by atoms with Crippen molar-refractivity contribution >= 4 is 11.7 Å². The molecule has 3 rings (SSSR count). The third-order valence-electron chi connectivity index (χ3n) is 5.44. The maximum atomic E-state index is 12.4. The van der Waals surface area contributed by atoms with Gasteiger partial charge in [-0.15, -0.1) is 0 Å². The molecule has 2 N–H and O–H groups in total. The fourth-order valence-corrected chi connectivity index (χ4v) is 4.32. The first-order valence-electron chi connectivity index (χ1n) is 9.25. The normalized spacial score (nSPS) is 25.0. The Hall–Kier alpha value is -1.56. The average Bonchev–Trinajstić information content (AvgIpc) is 3.16. The van der Waals surface area contributed by atoms with Gasteiger partial charge in [0, 0.05) is 30.8 Å². The van der Waals surface area contributed by atoms with Crippen LogP contribution in [0.2, 0.25) is 0 Å². The van der Waals surface area contributed by atoms with Crippen LogP contribution in [-0.4, -0.2) is 34.6 Å². The van der Waals surface area contributed by atoms with Crippen molar-refractivity contribution in [3.8, 4) is 0 Å². The van der Waals surface area contributed by atoms with E-state index in [0.29, 0.717) is 12.0 Å². The molecule has 134 valence electrons. The fourth-order valence-electron chi connectivity index (χ4n) is 4.32. The van der Waals surface area contributed by atoms with E-state index in [1.807, 2.05) is 17.8 Å². The first kappa shape index (κ1) is 17.3. The fraction of sp³-hybridized carbons (Fsp3) is 0.778. The van der Waals surface area contributed by atoms with Crippen LogP contribution in [0, 0.1) is 11.3 Å². The zero-order chi connectivity index (χ0) is 17.2. The summed E-state index contributed by atoms with van der Waals surface area (Å²) in [7, 11) is 0. The Bertz CT molecular complexity index is 563. The Kier molecular flexibility index (Phi) is 5.13. The van der Waals surface area contributed by atoms with E-state index in [0.717, 1.165) is 38.1 Å². The highest BCUT2D eigenvalue weighted by atomic mass is 16.5. The second-order valence-corrected chi connectivity index (χ2v) is 7.62. The van der Waals surface area contributed by atoms with Gasteiger partial charge in [-0.05, 0) is 32.1 Å². The lowest BCUT2D eigenvalue weighted by Crippen LogP contribution is -2.64. The maximum Gasteiger partial charge on any atom is 0.319 e. The molecule has 2 aliphatic rings. The Morgan fingerprint density at radius 3 is 2.88 bits per heavy atom. The number of carbonyl (C=O) groups excluding carboxylic acids is 1. The molecule has 2 aliphatic carbocycles. The highest BCUT2D eigenvalue weighted by Crippen LogP contribution is 2.54. The summed E-state index contributed by atoms with van der Waals surface area (Å²) in [6.07, 6.45) is 9.63. The summed E-state index contributed by atoms with van der Waals surface area (Å²) >= 11 is 0. The molecule has 6 nitrogen and oxygen atoms in total. The predicted octanol–water partition coefficient (Wildman–Crippen LogP) is 3.40. The lowest BCUT2D eigenvalue weighted by molar-refractivity contribution is -0.126. The number of carbonyl (C=O) groups is 1. The molecule has 2 saturated carbocycles. The molecular formula is C18H30N4O2. The number of amides is 2. The molecule has 24 heavy (non-hydrogen) atoms. The van der Waals surface area contributed by atoms with Crippen molar-refractivity contribution in [2.24, 2.45) is 11.3 Å². The van der Waals surface area contributed by atoms with Crippen molar-refractivity contribution in [2.75, 3.05) is 11.9 Å². The summed E-state index contributed by atoms with van der Waals surface area (Å²) in [4.78, 5) is 12.4. The topological polar surface area (TPSA) is 68.2 Å². The van der Waals surface area contributed by atoms with Crippen LogP contribution >= 0.6 is 0 Å². The molecule has 6 heteroatoms. The van der Waals surface area contributed by atoms with Gasteiger partial charge in [0.05, 0.1) is 18.0 Å². The Labute approximate surface area is 144 Å². The lowest BCUT2D eigenvalue weighted by atomic mass is 9.60. The second kappa shape index (κ2) is 7.13. The van der Waals surface area contributed by atoms with E-state index in [9.17, 15) is 4.79 Å². The van der Waals surface area contributed by atoms with Gasteiger partial charge in [-0.2, -0.15) is 5.10 Å². The van der Waals surface area contributed by atoms with Crippen LogP contribution in [0.25, 0.3) is 0 Å². The summed E-state index contributed by atoms with van der Waals surface area (Å²) in [5.41, 5.74) is 0.907. The van der Waals surface area contributed by atoms with E-state index < -0.39 is 0 Å². The van der Waals surface area contributed by atoms with Gasteiger partial charge >= 0.3 is 6.03 Å². The Morgan fingerprint density at radius 2 is 2.21 bits per heavy atom. The van der Waals surface area contributed by atoms with Gasteiger partial charge in [0.25, 0.3) is 0 Å². The third-order valence-corrected chi connectivity index (χ3v) is 5.44. The minimum Gasteiger partial charge on any atom is -0.378 e. The number of nitrogens with one attached hydrogen (secondary N) is 2. The van der Waals surface area contributed by atoms with Crippen molar-refractivity contribution in [2.45, 2.75) is 71.6 Å². The average molecular weight is 334 g/mol. The lowest BCUT2D eigenvalue weighted by Gasteiger charge is -2.53. The van der Waals surface area contributed by atoms with Crippen molar-refractivity contribution < 1.29 is 9.53 Å². The first-order valence-corrected chi connectivity index (χ1v) is 9.25. The Balaban J connectivity index is 1.54. The van der Waals surface area contributed by atoms with E-state index in [2.05, 4.69) is 29.6 Å². The van der Waals surface area contributed by atoms with Crippen LogP contribution < -0.4 is 10.6 Å². The van der Waals surface area contributed by atoms with Gasteiger partial charge in [-0.3, -0.25) is 4.68 Å². The van der Waals surface area contributed by atoms with Crippen molar-refractivity contribution in [1.82, 2.24) is 15.1 Å². The molecule has 2 amide bonds. The predicted molar refractivity (Wildman–Crippen MR) is 93.9 cm³/mol. The zero-order valence-electron chi connectivity index (χ0n) is 15.0. The van der Waals surface area contributed by atoms with Gasteiger partial charge in [0.15, 0.2) is 0 Å². The highest BCUT2D eigenvalue weighted by Gasteiger charge is 2.57. The third kappa shape index (κ3) is 3.43. The molecule has 0 bridgehead atoms. The van der Waals surface area contributed by atoms with E-state index >= 15 is 0 Å². The van der Waals surface area contributed by atoms with Crippen LogP contribution in [0.1, 0.15) is 52.9 Å². The van der Waals surface area contributed by atoms with Gasteiger partial charge in [0.1, 0.15) is 0 Å².